The first-order valence-electron chi connectivity index (χ1n) is 6.44. The number of rotatable bonds is 3. The van der Waals surface area contributed by atoms with Crippen LogP contribution in [0.15, 0.2) is 42.9 Å². The van der Waals surface area contributed by atoms with Gasteiger partial charge in [-0.2, -0.15) is 0 Å². The predicted octanol–water partition coefficient (Wildman–Crippen LogP) is 2.17. The number of carbonyl (C=O) groups excluding carboxylic acids is 1. The Morgan fingerprint density at radius 1 is 1.40 bits per heavy atom. The Kier molecular flexibility index (Phi) is 3.02. The maximum Gasteiger partial charge on any atom is 0.254 e. The molecule has 2 aromatic heterocycles. The predicted molar refractivity (Wildman–Crippen MR) is 77.3 cm³/mol. The summed E-state index contributed by atoms with van der Waals surface area (Å²) < 4.78 is 1.91. The number of carbonyl (C=O) groups is 1. The van der Waals surface area contributed by atoms with Gasteiger partial charge in [-0.25, -0.2) is 4.98 Å². The van der Waals surface area contributed by atoms with E-state index in [-0.39, 0.29) is 5.91 Å². The summed E-state index contributed by atoms with van der Waals surface area (Å²) >= 11 is 0. The van der Waals surface area contributed by atoms with Crippen LogP contribution in [0.25, 0.3) is 10.9 Å². The Morgan fingerprint density at radius 2 is 2.25 bits per heavy atom. The number of benzene rings is 1. The molecule has 20 heavy (non-hydrogen) atoms. The summed E-state index contributed by atoms with van der Waals surface area (Å²) in [7, 11) is 3.71. The van der Waals surface area contributed by atoms with Crippen molar-refractivity contribution in [1.82, 2.24) is 19.4 Å². The maximum absolute atomic E-state index is 12.4. The number of amides is 1. The minimum absolute atomic E-state index is 0.00972. The van der Waals surface area contributed by atoms with E-state index in [1.807, 2.05) is 48.3 Å². The number of hydrogen-bond acceptors (Lipinski definition) is 2. The first-order chi connectivity index (χ1) is 9.65. The SMILES string of the molecule is CN(Cc1nccn1C)C(=O)c1ccc2cc[nH]c2c1. The average molecular weight is 268 g/mol. The van der Waals surface area contributed by atoms with Crippen LogP contribution in [0.4, 0.5) is 0 Å². The molecule has 0 aliphatic carbocycles. The second kappa shape index (κ2) is 4.85. The van der Waals surface area contributed by atoms with E-state index in [2.05, 4.69) is 9.97 Å². The highest BCUT2D eigenvalue weighted by atomic mass is 16.2. The monoisotopic (exact) mass is 268 g/mol. The molecule has 0 spiro atoms. The van der Waals surface area contributed by atoms with Crippen LogP contribution in [0.5, 0.6) is 0 Å². The highest BCUT2D eigenvalue weighted by Crippen LogP contribution is 2.15. The minimum atomic E-state index is -0.00972. The number of hydrogen-bond donors (Lipinski definition) is 1. The molecule has 3 aromatic rings. The van der Waals surface area contributed by atoms with Crippen molar-refractivity contribution in [2.45, 2.75) is 6.54 Å². The quantitative estimate of drug-likeness (QED) is 0.791. The lowest BCUT2D eigenvalue weighted by Gasteiger charge is -2.17. The number of aromatic amines is 1. The Bertz CT molecular complexity index is 756. The molecule has 1 N–H and O–H groups in total. The average Bonchev–Trinajstić information content (AvgIpc) is 3.06. The molecule has 0 aliphatic heterocycles. The number of nitrogens with one attached hydrogen (secondary N) is 1. The Hall–Kier alpha value is -2.56. The van der Waals surface area contributed by atoms with Crippen molar-refractivity contribution in [3.05, 3.63) is 54.2 Å². The van der Waals surface area contributed by atoms with Crippen LogP contribution >= 0.6 is 0 Å². The van der Waals surface area contributed by atoms with Crippen molar-refractivity contribution in [2.24, 2.45) is 7.05 Å². The fourth-order valence-electron chi connectivity index (χ4n) is 2.23. The lowest BCUT2D eigenvalue weighted by Crippen LogP contribution is -2.27. The summed E-state index contributed by atoms with van der Waals surface area (Å²) in [6.45, 7) is 0.491. The van der Waals surface area contributed by atoms with Crippen molar-refractivity contribution in [3.63, 3.8) is 0 Å². The normalized spacial score (nSPS) is 10.9. The zero-order valence-electron chi connectivity index (χ0n) is 11.5. The minimum Gasteiger partial charge on any atom is -0.361 e. The number of fused-ring (bicyclic) bond motifs is 1. The summed E-state index contributed by atoms with van der Waals surface area (Å²) in [4.78, 5) is 21.5. The number of nitrogens with zero attached hydrogens (tertiary/aromatic N) is 3. The third kappa shape index (κ3) is 2.18. The molecule has 1 aromatic carbocycles. The Labute approximate surface area is 116 Å². The fourth-order valence-corrected chi connectivity index (χ4v) is 2.23. The summed E-state index contributed by atoms with van der Waals surface area (Å²) in [6, 6.07) is 7.68. The van der Waals surface area contributed by atoms with Crippen molar-refractivity contribution in [1.29, 1.82) is 0 Å². The molecule has 2 heterocycles. The van der Waals surface area contributed by atoms with E-state index in [1.165, 1.54) is 0 Å². The van der Waals surface area contributed by atoms with E-state index < -0.39 is 0 Å². The standard InChI is InChI=1S/C15H16N4O/c1-18-8-7-17-14(18)10-19(2)15(20)12-4-3-11-5-6-16-13(11)9-12/h3-9,16H,10H2,1-2H3. The number of aromatic nitrogens is 3. The molecule has 1 amide bonds. The van der Waals surface area contributed by atoms with Crippen molar-refractivity contribution < 1.29 is 4.79 Å². The van der Waals surface area contributed by atoms with Crippen molar-refractivity contribution in [2.75, 3.05) is 7.05 Å². The van der Waals surface area contributed by atoms with Gasteiger partial charge < -0.3 is 14.5 Å². The van der Waals surface area contributed by atoms with Crippen LogP contribution in [-0.2, 0) is 13.6 Å². The lowest BCUT2D eigenvalue weighted by atomic mass is 10.1. The largest absolute Gasteiger partial charge is 0.361 e. The van der Waals surface area contributed by atoms with Gasteiger partial charge in [0.15, 0.2) is 0 Å². The fraction of sp³-hybridized carbons (Fsp3) is 0.200. The molecule has 5 heteroatoms. The first-order valence-corrected chi connectivity index (χ1v) is 6.44. The third-order valence-electron chi connectivity index (χ3n) is 3.45. The number of aryl methyl sites for hydroxylation is 1. The van der Waals surface area contributed by atoms with Crippen LogP contribution in [0, 0.1) is 0 Å². The molecule has 0 saturated carbocycles. The van der Waals surface area contributed by atoms with Crippen LogP contribution in [0.1, 0.15) is 16.2 Å². The summed E-state index contributed by atoms with van der Waals surface area (Å²) in [6.07, 6.45) is 5.48. The van der Waals surface area contributed by atoms with Gasteiger partial charge in [0.05, 0.1) is 6.54 Å². The summed E-state index contributed by atoms with van der Waals surface area (Å²) in [5.74, 6) is 0.853. The molecule has 0 saturated heterocycles. The second-order valence-electron chi connectivity index (χ2n) is 4.90. The second-order valence-corrected chi connectivity index (χ2v) is 4.90. The Morgan fingerprint density at radius 3 is 3.00 bits per heavy atom. The van der Waals surface area contributed by atoms with Gasteiger partial charge in [0.1, 0.15) is 5.82 Å². The van der Waals surface area contributed by atoms with E-state index in [1.54, 1.807) is 18.1 Å². The molecular formula is C15H16N4O. The number of H-pyrrole nitrogens is 1. The van der Waals surface area contributed by atoms with Crippen LogP contribution in [0.2, 0.25) is 0 Å². The molecule has 3 rings (SSSR count). The van der Waals surface area contributed by atoms with Gasteiger partial charge in [-0.3, -0.25) is 4.79 Å². The number of imidazole rings is 1. The summed E-state index contributed by atoms with van der Waals surface area (Å²) in [5, 5.41) is 1.10. The van der Waals surface area contributed by atoms with Gasteiger partial charge in [0, 0.05) is 43.8 Å². The van der Waals surface area contributed by atoms with Gasteiger partial charge in [-0.1, -0.05) is 6.07 Å². The van der Waals surface area contributed by atoms with Crippen LogP contribution < -0.4 is 0 Å². The van der Waals surface area contributed by atoms with Crippen molar-refractivity contribution in [3.8, 4) is 0 Å². The van der Waals surface area contributed by atoms with Gasteiger partial charge in [-0.05, 0) is 23.6 Å². The lowest BCUT2D eigenvalue weighted by molar-refractivity contribution is 0.0780. The van der Waals surface area contributed by atoms with E-state index >= 15 is 0 Å². The molecule has 0 radical (unpaired) electrons. The van der Waals surface area contributed by atoms with Crippen molar-refractivity contribution >= 4 is 16.8 Å². The van der Waals surface area contributed by atoms with Gasteiger partial charge >= 0.3 is 0 Å². The molecule has 0 atom stereocenters. The first kappa shape index (κ1) is 12.5. The topological polar surface area (TPSA) is 53.9 Å². The van der Waals surface area contributed by atoms with Gasteiger partial charge in [-0.15, -0.1) is 0 Å². The third-order valence-corrected chi connectivity index (χ3v) is 3.45. The van der Waals surface area contributed by atoms with Gasteiger partial charge in [0.25, 0.3) is 5.91 Å². The van der Waals surface area contributed by atoms with E-state index in [0.717, 1.165) is 16.7 Å². The molecule has 0 bridgehead atoms. The van der Waals surface area contributed by atoms with Crippen LogP contribution in [0.3, 0.4) is 0 Å². The Balaban J connectivity index is 1.82. The maximum atomic E-state index is 12.4. The van der Waals surface area contributed by atoms with Crippen LogP contribution in [-0.4, -0.2) is 32.4 Å². The highest BCUT2D eigenvalue weighted by Gasteiger charge is 2.14. The van der Waals surface area contributed by atoms with E-state index in [9.17, 15) is 4.79 Å². The smallest absolute Gasteiger partial charge is 0.254 e. The molecule has 0 unspecified atom stereocenters. The molecule has 5 nitrogen and oxygen atoms in total. The summed E-state index contributed by atoms with van der Waals surface area (Å²) in [5.41, 5.74) is 1.65. The zero-order valence-corrected chi connectivity index (χ0v) is 11.5. The van der Waals surface area contributed by atoms with Gasteiger partial charge in [0.2, 0.25) is 0 Å². The molecule has 0 aliphatic rings. The molecule has 0 fully saturated rings. The zero-order chi connectivity index (χ0) is 14.1. The van der Waals surface area contributed by atoms with E-state index in [4.69, 9.17) is 0 Å². The molecule has 102 valence electrons. The molecular weight excluding hydrogens is 252 g/mol. The van der Waals surface area contributed by atoms with E-state index in [0.29, 0.717) is 12.1 Å². The highest BCUT2D eigenvalue weighted by molar-refractivity contribution is 5.97.